The smallest absolute Gasteiger partial charge is 0.376 e. The molecule has 1 N–H and O–H groups in total. The van der Waals surface area contributed by atoms with Crippen LogP contribution >= 0.6 is 0 Å². The molecule has 65 heavy (non-hydrogen) atoms. The molecule has 1 aliphatic carbocycles. The topological polar surface area (TPSA) is 169 Å². The standard InChI is InChI=1S/C47H45F2N11O5/c1-24-18-29(19-25(2)38(24)48)60-41(57-16-15-56(45(57)63)36-11-10-33-30(39(36)49)23-50-55(33)5)37-32(53-60)21-28-7-9-35(37)58(28)42(61)40-51-31-20-26(27-12-17-64-46(3,4)22-27)6-8-34(31)59(40)47(13-14-47)43-52-44(62)65-54-43/h6,8,10-11,15-16,18-20,23,27-28,35H,7,9,12-14,17,21-22H2,1-5H3,(H,52,54,62)/t27?,28-,35+/m1/s1. The van der Waals surface area contributed by atoms with Gasteiger partial charge in [-0.1, -0.05) is 11.2 Å². The van der Waals surface area contributed by atoms with Crippen molar-refractivity contribution >= 4 is 27.8 Å². The van der Waals surface area contributed by atoms with Crippen LogP contribution in [0.5, 0.6) is 0 Å². The summed E-state index contributed by atoms with van der Waals surface area (Å²) in [5.41, 5.74) is 4.12. The molecule has 8 aromatic rings. The van der Waals surface area contributed by atoms with E-state index in [4.69, 9.17) is 19.3 Å². The van der Waals surface area contributed by atoms with E-state index in [2.05, 4.69) is 41.2 Å². The minimum absolute atomic E-state index is 0.0467. The lowest BCUT2D eigenvalue weighted by atomic mass is 9.83. The zero-order valence-electron chi connectivity index (χ0n) is 36.4. The van der Waals surface area contributed by atoms with Gasteiger partial charge in [-0.2, -0.15) is 10.2 Å². The Morgan fingerprint density at radius 3 is 2.45 bits per heavy atom. The van der Waals surface area contributed by atoms with Gasteiger partial charge in [0, 0.05) is 44.1 Å². The summed E-state index contributed by atoms with van der Waals surface area (Å²) in [6.45, 7) is 8.20. The molecular weight excluding hydrogens is 837 g/mol. The maximum atomic E-state index is 16.2. The number of benzene rings is 3. The Morgan fingerprint density at radius 2 is 1.71 bits per heavy atom. The number of nitrogens with one attached hydrogen (secondary N) is 1. The number of aromatic nitrogens is 10. The van der Waals surface area contributed by atoms with Crippen LogP contribution in [-0.4, -0.2) is 77.4 Å². The average molecular weight is 882 g/mol. The van der Waals surface area contributed by atoms with E-state index in [1.807, 2.05) is 15.5 Å². The highest BCUT2D eigenvalue weighted by atomic mass is 19.1. The first-order chi connectivity index (χ1) is 31.2. The van der Waals surface area contributed by atoms with Crippen LogP contribution in [0, 0.1) is 25.5 Å². The van der Waals surface area contributed by atoms with Gasteiger partial charge in [0.1, 0.15) is 17.2 Å². The summed E-state index contributed by atoms with van der Waals surface area (Å²) < 4.78 is 50.2. The van der Waals surface area contributed by atoms with Gasteiger partial charge in [0.05, 0.1) is 56.8 Å². The molecule has 12 rings (SSSR count). The van der Waals surface area contributed by atoms with Gasteiger partial charge in [0.15, 0.2) is 11.6 Å². The number of nitrogens with zero attached hydrogens (tertiary/aromatic N) is 10. The zero-order valence-corrected chi connectivity index (χ0v) is 36.4. The number of carbonyl (C=O) groups excluding carboxylic acids is 1. The van der Waals surface area contributed by atoms with E-state index in [9.17, 15) is 9.59 Å². The highest BCUT2D eigenvalue weighted by Gasteiger charge is 2.54. The molecule has 3 atom stereocenters. The lowest BCUT2D eigenvalue weighted by Crippen LogP contribution is -2.44. The van der Waals surface area contributed by atoms with Crippen LogP contribution in [0.2, 0.25) is 0 Å². The maximum absolute atomic E-state index is 16.2. The second-order valence-corrected chi connectivity index (χ2v) is 18.9. The summed E-state index contributed by atoms with van der Waals surface area (Å²) in [6.07, 6.45) is 9.01. The van der Waals surface area contributed by atoms with Gasteiger partial charge in [-0.3, -0.25) is 28.1 Å². The predicted octanol–water partition coefficient (Wildman–Crippen LogP) is 6.73. The van der Waals surface area contributed by atoms with E-state index in [1.54, 1.807) is 60.7 Å². The molecule has 0 spiro atoms. The van der Waals surface area contributed by atoms with E-state index in [0.29, 0.717) is 89.5 Å². The first kappa shape index (κ1) is 39.6. The van der Waals surface area contributed by atoms with Crippen molar-refractivity contribution in [3.8, 4) is 17.2 Å². The van der Waals surface area contributed by atoms with Crippen molar-refractivity contribution in [2.45, 2.75) is 102 Å². The fourth-order valence-electron chi connectivity index (χ4n) is 11.1. The van der Waals surface area contributed by atoms with Crippen molar-refractivity contribution in [3.05, 3.63) is 133 Å². The van der Waals surface area contributed by atoms with Crippen LogP contribution in [0.25, 0.3) is 39.1 Å². The number of ether oxygens (including phenoxy) is 1. The van der Waals surface area contributed by atoms with Crippen molar-refractivity contribution in [1.29, 1.82) is 0 Å². The fourth-order valence-corrected chi connectivity index (χ4v) is 11.1. The van der Waals surface area contributed by atoms with Crippen LogP contribution < -0.4 is 11.4 Å². The second kappa shape index (κ2) is 13.8. The van der Waals surface area contributed by atoms with Crippen LogP contribution in [0.3, 0.4) is 0 Å². The number of imidazole rings is 2. The summed E-state index contributed by atoms with van der Waals surface area (Å²) >= 11 is 0. The molecular formula is C47H45F2N11O5. The molecule has 1 amide bonds. The number of aryl methyl sites for hydroxylation is 3. The normalized spacial score (nSPS) is 20.8. The number of fused-ring (bicyclic) bond motifs is 6. The summed E-state index contributed by atoms with van der Waals surface area (Å²) in [4.78, 5) is 52.5. The molecule has 5 aromatic heterocycles. The summed E-state index contributed by atoms with van der Waals surface area (Å²) in [6, 6.07) is 12.0. The molecule has 3 aromatic carbocycles. The quantitative estimate of drug-likeness (QED) is 0.182. The first-order valence-electron chi connectivity index (χ1n) is 22.1. The highest BCUT2D eigenvalue weighted by Crippen LogP contribution is 2.52. The van der Waals surface area contributed by atoms with Gasteiger partial charge in [0.25, 0.3) is 5.91 Å². The van der Waals surface area contributed by atoms with Crippen molar-refractivity contribution in [1.82, 2.24) is 53.3 Å². The Balaban J connectivity index is 1.01. The minimum atomic E-state index is -0.868. The molecule has 4 aliphatic rings. The van der Waals surface area contributed by atoms with E-state index >= 15 is 13.6 Å². The molecule has 3 aliphatic heterocycles. The van der Waals surface area contributed by atoms with Crippen LogP contribution in [-0.2, 0) is 23.7 Å². The average Bonchev–Trinajstić information content (AvgIpc) is 3.85. The van der Waals surface area contributed by atoms with Crippen molar-refractivity contribution in [3.63, 3.8) is 0 Å². The van der Waals surface area contributed by atoms with Gasteiger partial charge >= 0.3 is 11.4 Å². The Labute approximate surface area is 369 Å². The Kier molecular flexibility index (Phi) is 8.40. The molecule has 2 saturated heterocycles. The number of carbonyl (C=O) groups is 1. The zero-order chi connectivity index (χ0) is 44.8. The van der Waals surface area contributed by atoms with Crippen molar-refractivity contribution in [2.24, 2.45) is 7.05 Å². The molecule has 1 unspecified atom stereocenters. The van der Waals surface area contributed by atoms with E-state index in [-0.39, 0.29) is 46.2 Å². The lowest BCUT2D eigenvalue weighted by Gasteiger charge is -2.35. The maximum Gasteiger partial charge on any atom is 0.438 e. The Bertz CT molecular complexity index is 3410. The number of amides is 1. The molecule has 0 radical (unpaired) electrons. The largest absolute Gasteiger partial charge is 0.438 e. The van der Waals surface area contributed by atoms with Gasteiger partial charge in [-0.05, 0) is 125 Å². The first-order valence-corrected chi connectivity index (χ1v) is 22.1. The second-order valence-electron chi connectivity index (χ2n) is 18.9. The number of aromatic amines is 1. The van der Waals surface area contributed by atoms with E-state index in [1.165, 1.54) is 21.5 Å². The molecule has 1 saturated carbocycles. The third kappa shape index (κ3) is 5.84. The van der Waals surface area contributed by atoms with E-state index in [0.717, 1.165) is 23.9 Å². The summed E-state index contributed by atoms with van der Waals surface area (Å²) in [5.74, 6) is -0.799. The SMILES string of the molecule is Cc1cc(-n2nc3c(c2-n2ccn(-c4ccc5c(cnn5C)c4F)c2=O)[C@@H]2CC[C@H](C3)N2C(=O)c2nc3cc(C4CCOC(C)(C)C4)ccc3n2C2(c3noc(=O)[nH]3)CC2)cc(C)c1F. The number of hydrogen-bond acceptors (Lipinski definition) is 9. The minimum Gasteiger partial charge on any atom is -0.376 e. The number of H-pyrrole nitrogens is 1. The van der Waals surface area contributed by atoms with Crippen LogP contribution in [0.15, 0.2) is 75.2 Å². The molecule has 8 heterocycles. The Morgan fingerprint density at radius 1 is 0.938 bits per heavy atom. The van der Waals surface area contributed by atoms with Gasteiger partial charge in [-0.15, -0.1) is 0 Å². The summed E-state index contributed by atoms with van der Waals surface area (Å²) in [5, 5.41) is 13.7. The fraction of sp³-hybridized carbons (Fsp3) is 0.383. The molecule has 16 nitrogen and oxygen atoms in total. The number of halogens is 2. The molecule has 332 valence electrons. The predicted molar refractivity (Wildman–Crippen MR) is 233 cm³/mol. The lowest BCUT2D eigenvalue weighted by molar-refractivity contribution is -0.0592. The van der Waals surface area contributed by atoms with E-state index < -0.39 is 28.8 Å². The molecule has 18 heteroatoms. The molecule has 3 fully saturated rings. The highest BCUT2D eigenvalue weighted by molar-refractivity contribution is 5.96. The number of hydrogen-bond donors (Lipinski definition) is 1. The van der Waals surface area contributed by atoms with Crippen molar-refractivity contribution in [2.75, 3.05) is 6.61 Å². The van der Waals surface area contributed by atoms with Gasteiger partial charge in [0.2, 0.25) is 5.82 Å². The monoisotopic (exact) mass is 881 g/mol. The van der Waals surface area contributed by atoms with Crippen molar-refractivity contribution < 1.29 is 22.8 Å². The van der Waals surface area contributed by atoms with Gasteiger partial charge in [-0.25, -0.2) is 28.0 Å². The van der Waals surface area contributed by atoms with Crippen LogP contribution in [0.4, 0.5) is 8.78 Å². The summed E-state index contributed by atoms with van der Waals surface area (Å²) in [7, 11) is 1.72. The Hall–Kier alpha value is -6.95. The number of rotatable bonds is 7. The van der Waals surface area contributed by atoms with Gasteiger partial charge < -0.3 is 14.2 Å². The van der Waals surface area contributed by atoms with Crippen LogP contribution in [0.1, 0.15) is 109 Å². The molecule has 2 bridgehead atoms. The third-order valence-electron chi connectivity index (χ3n) is 14.3. The third-order valence-corrected chi connectivity index (χ3v) is 14.3.